The lowest BCUT2D eigenvalue weighted by Gasteiger charge is -2.21. The van der Waals surface area contributed by atoms with Crippen LogP contribution in [0, 0.1) is 0 Å². The minimum atomic E-state index is -4.94. The summed E-state index contributed by atoms with van der Waals surface area (Å²) in [4.78, 5) is 31.7. The number of rotatable bonds is 4. The Kier molecular flexibility index (Phi) is 6.22. The number of hydrogen-bond acceptors (Lipinski definition) is 4. The summed E-state index contributed by atoms with van der Waals surface area (Å²) in [5, 5.41) is 4.74. The van der Waals surface area contributed by atoms with Gasteiger partial charge in [-0.2, -0.15) is 0 Å². The molecule has 0 aliphatic carbocycles. The highest BCUT2D eigenvalue weighted by molar-refractivity contribution is 6.20. The molecule has 0 aromatic heterocycles. The number of carbonyl (C=O) groups is 2. The number of hydrogen-bond donors (Lipinski definition) is 2. The van der Waals surface area contributed by atoms with Gasteiger partial charge in [0.1, 0.15) is 0 Å². The number of benzodiazepines with no additional fused rings is 1. The Labute approximate surface area is 192 Å². The van der Waals surface area contributed by atoms with Crippen LogP contribution in [0.25, 0.3) is 0 Å². The third-order valence-corrected chi connectivity index (χ3v) is 5.02. The number of urea groups is 1. The van der Waals surface area contributed by atoms with E-state index in [0.29, 0.717) is 17.0 Å². The molecule has 1 aliphatic heterocycles. The van der Waals surface area contributed by atoms with E-state index in [0.717, 1.165) is 11.6 Å². The molecule has 1 aliphatic rings. The molecule has 3 aromatic carbocycles. The second-order valence-corrected chi connectivity index (χ2v) is 7.30. The molecular formula is C24H19F3N4O3. The van der Waals surface area contributed by atoms with E-state index in [9.17, 15) is 22.8 Å². The first kappa shape index (κ1) is 22.8. The first-order chi connectivity index (χ1) is 16.2. The number of para-hydroxylation sites is 3. The summed E-state index contributed by atoms with van der Waals surface area (Å²) < 4.78 is 42.0. The van der Waals surface area contributed by atoms with Gasteiger partial charge in [-0.25, -0.2) is 9.79 Å². The van der Waals surface area contributed by atoms with Gasteiger partial charge in [-0.3, -0.25) is 4.79 Å². The number of ether oxygens (including phenoxy) is 1. The zero-order valence-electron chi connectivity index (χ0n) is 17.8. The quantitative estimate of drug-likeness (QED) is 0.590. The van der Waals surface area contributed by atoms with E-state index in [1.54, 1.807) is 19.2 Å². The normalized spacial score (nSPS) is 15.6. The molecule has 0 radical (unpaired) electrons. The molecule has 2 N–H and O–H groups in total. The van der Waals surface area contributed by atoms with Crippen molar-refractivity contribution in [2.75, 3.05) is 17.3 Å². The molecule has 0 saturated carbocycles. The summed E-state index contributed by atoms with van der Waals surface area (Å²) in [6.45, 7) is 0. The van der Waals surface area contributed by atoms with Gasteiger partial charge in [0.05, 0.1) is 17.1 Å². The fraction of sp³-hybridized carbons (Fsp3) is 0.125. The van der Waals surface area contributed by atoms with Crippen molar-refractivity contribution in [2.45, 2.75) is 12.5 Å². The molecule has 1 unspecified atom stereocenters. The smallest absolute Gasteiger partial charge is 0.404 e. The number of aliphatic imine (C=N–C) groups is 1. The predicted octanol–water partition coefficient (Wildman–Crippen LogP) is 4.55. The minimum absolute atomic E-state index is 0.220. The summed E-state index contributed by atoms with van der Waals surface area (Å²) in [5.41, 5.74) is 2.29. The molecule has 10 heteroatoms. The number of benzene rings is 3. The van der Waals surface area contributed by atoms with Crippen LogP contribution in [0.3, 0.4) is 0 Å². The molecule has 174 valence electrons. The average molecular weight is 468 g/mol. The van der Waals surface area contributed by atoms with E-state index in [-0.39, 0.29) is 5.69 Å². The standard InChI is InChI=1S/C24H19F3N4O3/c1-31-18-13-7-5-11-16(18)20(15-9-3-2-4-10-15)29-21(22(31)32)30-23(33)28-17-12-6-8-14-19(17)34-24(25,26)27/h2-14,21H,1H3,(H2,28,30,33). The summed E-state index contributed by atoms with van der Waals surface area (Å²) in [7, 11) is 1.56. The first-order valence-corrected chi connectivity index (χ1v) is 10.2. The zero-order chi connectivity index (χ0) is 24.3. The molecule has 0 spiro atoms. The third kappa shape index (κ3) is 5.01. The predicted molar refractivity (Wildman–Crippen MR) is 121 cm³/mol. The third-order valence-electron chi connectivity index (χ3n) is 5.02. The molecular weight excluding hydrogens is 449 g/mol. The highest BCUT2D eigenvalue weighted by Gasteiger charge is 2.33. The van der Waals surface area contributed by atoms with Crippen molar-refractivity contribution >= 4 is 29.0 Å². The van der Waals surface area contributed by atoms with Gasteiger partial charge < -0.3 is 20.3 Å². The van der Waals surface area contributed by atoms with Crippen LogP contribution in [0.4, 0.5) is 29.3 Å². The van der Waals surface area contributed by atoms with Crippen LogP contribution >= 0.6 is 0 Å². The van der Waals surface area contributed by atoms with Crippen LogP contribution in [-0.4, -0.2) is 37.2 Å². The van der Waals surface area contributed by atoms with Crippen LogP contribution in [0.15, 0.2) is 83.9 Å². The highest BCUT2D eigenvalue weighted by Crippen LogP contribution is 2.30. The number of nitrogens with one attached hydrogen (secondary N) is 2. The molecule has 0 bridgehead atoms. The Morgan fingerprint density at radius 2 is 1.62 bits per heavy atom. The molecule has 34 heavy (non-hydrogen) atoms. The van der Waals surface area contributed by atoms with Crippen molar-refractivity contribution in [3.05, 3.63) is 90.0 Å². The van der Waals surface area contributed by atoms with Gasteiger partial charge >= 0.3 is 12.4 Å². The van der Waals surface area contributed by atoms with Crippen molar-refractivity contribution in [3.63, 3.8) is 0 Å². The largest absolute Gasteiger partial charge is 0.573 e. The Morgan fingerprint density at radius 3 is 2.35 bits per heavy atom. The summed E-state index contributed by atoms with van der Waals surface area (Å²) in [5.74, 6) is -1.11. The summed E-state index contributed by atoms with van der Waals surface area (Å²) >= 11 is 0. The van der Waals surface area contributed by atoms with E-state index in [1.807, 2.05) is 42.5 Å². The van der Waals surface area contributed by atoms with Crippen LogP contribution in [0.5, 0.6) is 5.75 Å². The molecule has 0 fully saturated rings. The number of likely N-dealkylation sites (N-methyl/N-ethyl adjacent to an activating group) is 1. The summed E-state index contributed by atoms with van der Waals surface area (Å²) in [6.07, 6.45) is -6.27. The number of fused-ring (bicyclic) bond motifs is 1. The van der Waals surface area contributed by atoms with Crippen LogP contribution in [-0.2, 0) is 4.79 Å². The van der Waals surface area contributed by atoms with Gasteiger partial charge in [0.15, 0.2) is 5.75 Å². The molecule has 4 rings (SSSR count). The Morgan fingerprint density at radius 1 is 0.971 bits per heavy atom. The second kappa shape index (κ2) is 9.26. The molecule has 1 atom stereocenters. The maximum absolute atomic E-state index is 13.1. The number of amides is 3. The molecule has 7 nitrogen and oxygen atoms in total. The van der Waals surface area contributed by atoms with Gasteiger partial charge in [0.2, 0.25) is 6.17 Å². The Hall–Kier alpha value is -4.34. The molecule has 3 amide bonds. The van der Waals surface area contributed by atoms with E-state index < -0.39 is 30.2 Å². The number of alkyl halides is 3. The van der Waals surface area contributed by atoms with Crippen LogP contribution < -0.4 is 20.3 Å². The zero-order valence-corrected chi connectivity index (χ0v) is 17.8. The van der Waals surface area contributed by atoms with Crippen molar-refractivity contribution < 1.29 is 27.5 Å². The van der Waals surface area contributed by atoms with Gasteiger partial charge in [-0.1, -0.05) is 60.7 Å². The molecule has 1 heterocycles. The molecule has 3 aromatic rings. The van der Waals surface area contributed by atoms with Crippen molar-refractivity contribution in [2.24, 2.45) is 4.99 Å². The number of anilines is 2. The highest BCUT2D eigenvalue weighted by atomic mass is 19.4. The fourth-order valence-electron chi connectivity index (χ4n) is 3.51. The second-order valence-electron chi connectivity index (χ2n) is 7.30. The maximum atomic E-state index is 13.1. The Bertz CT molecular complexity index is 1250. The van der Waals surface area contributed by atoms with Crippen LogP contribution in [0.1, 0.15) is 11.1 Å². The monoisotopic (exact) mass is 468 g/mol. The van der Waals surface area contributed by atoms with Crippen molar-refractivity contribution in [3.8, 4) is 5.75 Å². The van der Waals surface area contributed by atoms with Crippen molar-refractivity contribution in [1.29, 1.82) is 0 Å². The lowest BCUT2D eigenvalue weighted by molar-refractivity contribution is -0.274. The van der Waals surface area contributed by atoms with E-state index in [1.165, 1.54) is 23.1 Å². The number of nitrogens with zero attached hydrogens (tertiary/aromatic N) is 2. The SMILES string of the molecule is CN1C(=O)C(NC(=O)Nc2ccccc2OC(F)(F)F)N=C(c2ccccc2)c2ccccc21. The Balaban J connectivity index is 1.64. The van der Waals surface area contributed by atoms with Gasteiger partial charge in [0.25, 0.3) is 5.91 Å². The number of halogens is 3. The minimum Gasteiger partial charge on any atom is -0.404 e. The lowest BCUT2D eigenvalue weighted by atomic mass is 10.0. The first-order valence-electron chi connectivity index (χ1n) is 10.2. The van der Waals surface area contributed by atoms with Crippen LogP contribution in [0.2, 0.25) is 0 Å². The molecule has 0 saturated heterocycles. The van der Waals surface area contributed by atoms with Gasteiger partial charge in [-0.15, -0.1) is 13.2 Å². The van der Waals surface area contributed by atoms with E-state index in [4.69, 9.17) is 0 Å². The van der Waals surface area contributed by atoms with E-state index >= 15 is 0 Å². The maximum Gasteiger partial charge on any atom is 0.573 e. The fourth-order valence-corrected chi connectivity index (χ4v) is 3.51. The van der Waals surface area contributed by atoms with Crippen molar-refractivity contribution in [1.82, 2.24) is 5.32 Å². The van der Waals surface area contributed by atoms with E-state index in [2.05, 4.69) is 20.4 Å². The lowest BCUT2D eigenvalue weighted by Crippen LogP contribution is -2.47. The average Bonchev–Trinajstić information content (AvgIpc) is 2.91. The van der Waals surface area contributed by atoms with Gasteiger partial charge in [0, 0.05) is 18.2 Å². The number of carbonyl (C=O) groups excluding carboxylic acids is 2. The topological polar surface area (TPSA) is 83.0 Å². The van der Waals surface area contributed by atoms with Gasteiger partial charge in [-0.05, 0) is 18.2 Å². The summed E-state index contributed by atoms with van der Waals surface area (Å²) in [6, 6.07) is 20.5.